The van der Waals surface area contributed by atoms with E-state index >= 15 is 0 Å². The fraction of sp³-hybridized carbons (Fsp3) is 0.200. The zero-order valence-electron chi connectivity index (χ0n) is 16.6. The molecular weight excluding hydrogens is 440 g/mol. The van der Waals surface area contributed by atoms with E-state index in [1.807, 2.05) is 4.90 Å². The van der Waals surface area contributed by atoms with Crippen LogP contribution in [0.25, 0.3) is 16.9 Å². The van der Waals surface area contributed by atoms with E-state index in [0.29, 0.717) is 35.8 Å². The number of rotatable bonds is 4. The molecule has 2 aromatic heterocycles. The fourth-order valence-electron chi connectivity index (χ4n) is 3.67. The fourth-order valence-corrected chi connectivity index (χ4v) is 5.12. The Morgan fingerprint density at radius 2 is 1.59 bits per heavy atom. The molecule has 1 aliphatic rings. The molecule has 1 aliphatic heterocycles. The lowest BCUT2D eigenvalue weighted by Gasteiger charge is -2.34. The number of piperazine rings is 1. The molecule has 164 valence electrons. The van der Waals surface area contributed by atoms with Crippen LogP contribution in [-0.4, -0.2) is 63.9 Å². The summed E-state index contributed by atoms with van der Waals surface area (Å²) in [5, 5.41) is 8.27. The summed E-state index contributed by atoms with van der Waals surface area (Å²) in [6.07, 6.45) is 1.37. The Hall–Kier alpha value is -3.51. The third-order valence-electron chi connectivity index (χ3n) is 5.24. The van der Waals surface area contributed by atoms with Crippen molar-refractivity contribution in [2.75, 3.05) is 31.1 Å². The highest BCUT2D eigenvalue weighted by Crippen LogP contribution is 2.25. The smallest absolute Gasteiger partial charge is 0.243 e. The van der Waals surface area contributed by atoms with Gasteiger partial charge in [0.2, 0.25) is 10.0 Å². The Morgan fingerprint density at radius 1 is 0.875 bits per heavy atom. The van der Waals surface area contributed by atoms with Gasteiger partial charge in [-0.15, -0.1) is 5.10 Å². The van der Waals surface area contributed by atoms with Gasteiger partial charge < -0.3 is 4.90 Å². The minimum Gasteiger partial charge on any atom is -0.352 e. The van der Waals surface area contributed by atoms with E-state index in [1.54, 1.807) is 12.1 Å². The van der Waals surface area contributed by atoms with Gasteiger partial charge in [-0.05, 0) is 36.4 Å². The monoisotopic (exact) mass is 457 g/mol. The predicted molar refractivity (Wildman–Crippen MR) is 112 cm³/mol. The van der Waals surface area contributed by atoms with Crippen LogP contribution in [0.3, 0.4) is 0 Å². The standard InChI is InChI=1S/C20H17F2N7O2S/c21-14-3-1-5-16(11-14)29-20-18(25-26-29)19(23-13-24-20)27-7-9-28(10-8-27)32(30,31)17-6-2-4-15(22)12-17/h1-6,11-13H,7-10H2. The first-order valence-electron chi connectivity index (χ1n) is 9.76. The molecule has 0 saturated carbocycles. The van der Waals surface area contributed by atoms with Crippen molar-refractivity contribution in [1.29, 1.82) is 0 Å². The van der Waals surface area contributed by atoms with E-state index in [2.05, 4.69) is 20.3 Å². The second-order valence-electron chi connectivity index (χ2n) is 7.20. The van der Waals surface area contributed by atoms with Crippen LogP contribution in [0.2, 0.25) is 0 Å². The normalized spacial score (nSPS) is 15.4. The summed E-state index contributed by atoms with van der Waals surface area (Å²) in [4.78, 5) is 10.4. The van der Waals surface area contributed by atoms with Gasteiger partial charge in [-0.25, -0.2) is 27.2 Å². The molecule has 0 aliphatic carbocycles. The number of aromatic nitrogens is 5. The van der Waals surface area contributed by atoms with Crippen molar-refractivity contribution in [3.05, 3.63) is 66.5 Å². The molecule has 0 N–H and O–H groups in total. The molecule has 0 amide bonds. The SMILES string of the molecule is O=S(=O)(c1cccc(F)c1)N1CCN(c2ncnc3c2nnn3-c2cccc(F)c2)CC1. The summed E-state index contributed by atoms with van der Waals surface area (Å²) in [5.74, 6) is -0.494. The molecule has 12 heteroatoms. The Morgan fingerprint density at radius 3 is 2.31 bits per heavy atom. The van der Waals surface area contributed by atoms with Crippen LogP contribution in [0.1, 0.15) is 0 Å². The highest BCUT2D eigenvalue weighted by Gasteiger charge is 2.30. The van der Waals surface area contributed by atoms with Gasteiger partial charge in [0.15, 0.2) is 17.0 Å². The van der Waals surface area contributed by atoms with Crippen molar-refractivity contribution >= 4 is 27.0 Å². The number of fused-ring (bicyclic) bond motifs is 1. The summed E-state index contributed by atoms with van der Waals surface area (Å²) in [7, 11) is -3.80. The molecule has 1 saturated heterocycles. The lowest BCUT2D eigenvalue weighted by molar-refractivity contribution is 0.384. The highest BCUT2D eigenvalue weighted by molar-refractivity contribution is 7.89. The Kier molecular flexibility index (Phi) is 5.02. The molecule has 0 atom stereocenters. The quantitative estimate of drug-likeness (QED) is 0.462. The van der Waals surface area contributed by atoms with Crippen molar-refractivity contribution in [3.8, 4) is 5.69 Å². The van der Waals surface area contributed by atoms with Gasteiger partial charge in [0.05, 0.1) is 10.6 Å². The summed E-state index contributed by atoms with van der Waals surface area (Å²) in [5.41, 5.74) is 1.32. The first kappa shape index (κ1) is 20.4. The van der Waals surface area contributed by atoms with Crippen LogP contribution in [0.15, 0.2) is 59.8 Å². The van der Waals surface area contributed by atoms with E-state index in [0.717, 1.165) is 6.07 Å². The minimum atomic E-state index is -3.80. The molecule has 0 bridgehead atoms. The van der Waals surface area contributed by atoms with Crippen molar-refractivity contribution in [2.45, 2.75) is 4.90 Å². The number of hydrogen-bond acceptors (Lipinski definition) is 7. The van der Waals surface area contributed by atoms with Gasteiger partial charge in [0, 0.05) is 26.2 Å². The van der Waals surface area contributed by atoms with E-state index in [-0.39, 0.29) is 18.0 Å². The second kappa shape index (κ2) is 7.88. The number of hydrogen-bond donors (Lipinski definition) is 0. The molecule has 32 heavy (non-hydrogen) atoms. The minimum absolute atomic E-state index is 0.0755. The largest absolute Gasteiger partial charge is 0.352 e. The Labute approximate surface area is 182 Å². The molecule has 3 heterocycles. The average molecular weight is 457 g/mol. The molecule has 0 spiro atoms. The van der Waals surface area contributed by atoms with Crippen LogP contribution in [0.5, 0.6) is 0 Å². The van der Waals surface area contributed by atoms with Gasteiger partial charge >= 0.3 is 0 Å². The summed E-state index contributed by atoms with van der Waals surface area (Å²) in [6, 6.07) is 10.9. The molecule has 1 fully saturated rings. The van der Waals surface area contributed by atoms with Crippen LogP contribution >= 0.6 is 0 Å². The van der Waals surface area contributed by atoms with Gasteiger partial charge in [0.1, 0.15) is 18.0 Å². The highest BCUT2D eigenvalue weighted by atomic mass is 32.2. The molecule has 5 rings (SSSR count). The number of nitrogens with zero attached hydrogens (tertiary/aromatic N) is 7. The third-order valence-corrected chi connectivity index (χ3v) is 7.14. The second-order valence-corrected chi connectivity index (χ2v) is 9.14. The van der Waals surface area contributed by atoms with E-state index in [1.165, 1.54) is 45.6 Å². The predicted octanol–water partition coefficient (Wildman–Crippen LogP) is 2.00. The van der Waals surface area contributed by atoms with Crippen molar-refractivity contribution in [3.63, 3.8) is 0 Å². The lowest BCUT2D eigenvalue weighted by atomic mass is 10.3. The average Bonchev–Trinajstić information content (AvgIpc) is 3.23. The number of sulfonamides is 1. The summed E-state index contributed by atoms with van der Waals surface area (Å²) < 4.78 is 55.6. The zero-order valence-corrected chi connectivity index (χ0v) is 17.5. The van der Waals surface area contributed by atoms with Gasteiger partial charge in [-0.3, -0.25) is 0 Å². The van der Waals surface area contributed by atoms with Gasteiger partial charge in [0.25, 0.3) is 0 Å². The van der Waals surface area contributed by atoms with Crippen LogP contribution in [0.4, 0.5) is 14.6 Å². The first-order chi connectivity index (χ1) is 15.4. The molecule has 2 aromatic carbocycles. The number of benzene rings is 2. The van der Waals surface area contributed by atoms with Gasteiger partial charge in [-0.2, -0.15) is 8.99 Å². The maximum atomic E-state index is 13.6. The Balaban J connectivity index is 1.40. The molecule has 9 nitrogen and oxygen atoms in total. The lowest BCUT2D eigenvalue weighted by Crippen LogP contribution is -2.49. The summed E-state index contributed by atoms with van der Waals surface area (Å²) >= 11 is 0. The molecule has 0 unspecified atom stereocenters. The van der Waals surface area contributed by atoms with Crippen molar-refractivity contribution < 1.29 is 17.2 Å². The van der Waals surface area contributed by atoms with E-state index < -0.39 is 21.7 Å². The van der Waals surface area contributed by atoms with E-state index in [9.17, 15) is 17.2 Å². The van der Waals surface area contributed by atoms with E-state index in [4.69, 9.17) is 0 Å². The van der Waals surface area contributed by atoms with Crippen LogP contribution in [0, 0.1) is 11.6 Å². The molecular formula is C20H17F2N7O2S. The number of anilines is 1. The zero-order chi connectivity index (χ0) is 22.3. The maximum absolute atomic E-state index is 13.6. The Bertz CT molecular complexity index is 1400. The molecule has 4 aromatic rings. The van der Waals surface area contributed by atoms with Crippen molar-refractivity contribution in [1.82, 2.24) is 29.3 Å². The third kappa shape index (κ3) is 3.56. The van der Waals surface area contributed by atoms with Crippen LogP contribution in [-0.2, 0) is 10.0 Å². The maximum Gasteiger partial charge on any atom is 0.243 e. The van der Waals surface area contributed by atoms with Crippen molar-refractivity contribution in [2.24, 2.45) is 0 Å². The topological polar surface area (TPSA) is 97.1 Å². The van der Waals surface area contributed by atoms with Crippen LogP contribution < -0.4 is 4.90 Å². The first-order valence-corrected chi connectivity index (χ1v) is 11.2. The molecule has 0 radical (unpaired) electrons. The number of halogens is 2. The summed E-state index contributed by atoms with van der Waals surface area (Å²) in [6.45, 7) is 1.10. The van der Waals surface area contributed by atoms with Gasteiger partial charge in [-0.1, -0.05) is 17.3 Å².